The Balaban J connectivity index is 1.69. The van der Waals surface area contributed by atoms with Crippen molar-refractivity contribution < 1.29 is 0 Å². The average Bonchev–Trinajstić information content (AvgIpc) is 2.54. The summed E-state index contributed by atoms with van der Waals surface area (Å²) >= 11 is 0. The fraction of sp³-hybridized carbons (Fsp3) is 0.500. The van der Waals surface area contributed by atoms with Crippen LogP contribution in [-0.2, 0) is 0 Å². The summed E-state index contributed by atoms with van der Waals surface area (Å²) in [6, 6.07) is 10.5. The van der Waals surface area contributed by atoms with E-state index >= 15 is 0 Å². The van der Waals surface area contributed by atoms with E-state index < -0.39 is 0 Å². The SMILES string of the molecule is Cc1nc(Nc2ccc(N3CCN(C)CC3)cc2)cc(NC(C)(C)C)n1. The molecule has 2 heterocycles. The quantitative estimate of drug-likeness (QED) is 0.877. The number of nitrogens with zero attached hydrogens (tertiary/aromatic N) is 4. The first-order valence-corrected chi connectivity index (χ1v) is 9.23. The highest BCUT2D eigenvalue weighted by molar-refractivity contribution is 5.62. The highest BCUT2D eigenvalue weighted by atomic mass is 15.2. The van der Waals surface area contributed by atoms with E-state index in [0.717, 1.165) is 49.3 Å². The molecule has 0 amide bonds. The molecule has 1 aliphatic rings. The number of hydrogen-bond acceptors (Lipinski definition) is 6. The molecular formula is C20H30N6. The summed E-state index contributed by atoms with van der Waals surface area (Å²) in [6.07, 6.45) is 0. The maximum Gasteiger partial charge on any atom is 0.136 e. The smallest absolute Gasteiger partial charge is 0.136 e. The van der Waals surface area contributed by atoms with Gasteiger partial charge in [0, 0.05) is 49.2 Å². The summed E-state index contributed by atoms with van der Waals surface area (Å²) in [5.74, 6) is 2.38. The zero-order valence-corrected chi connectivity index (χ0v) is 16.5. The zero-order chi connectivity index (χ0) is 18.7. The molecular weight excluding hydrogens is 324 g/mol. The minimum Gasteiger partial charge on any atom is -0.369 e. The van der Waals surface area contributed by atoms with Gasteiger partial charge in [0.05, 0.1) is 0 Å². The van der Waals surface area contributed by atoms with Crippen LogP contribution in [-0.4, -0.2) is 53.6 Å². The third-order valence-corrected chi connectivity index (χ3v) is 4.35. The van der Waals surface area contributed by atoms with Crippen molar-refractivity contribution in [2.45, 2.75) is 33.2 Å². The van der Waals surface area contributed by atoms with Crippen molar-refractivity contribution in [2.24, 2.45) is 0 Å². The summed E-state index contributed by atoms with van der Waals surface area (Å²) in [7, 11) is 2.18. The number of aryl methyl sites for hydroxylation is 1. The van der Waals surface area contributed by atoms with Crippen LogP contribution in [0, 0.1) is 6.92 Å². The topological polar surface area (TPSA) is 56.3 Å². The third-order valence-electron chi connectivity index (χ3n) is 4.35. The van der Waals surface area contributed by atoms with E-state index in [2.05, 4.69) is 82.5 Å². The predicted molar refractivity (Wildman–Crippen MR) is 110 cm³/mol. The predicted octanol–water partition coefficient (Wildman–Crippen LogP) is 3.49. The van der Waals surface area contributed by atoms with Gasteiger partial charge in [-0.1, -0.05) is 0 Å². The van der Waals surface area contributed by atoms with Gasteiger partial charge in [-0.2, -0.15) is 0 Å². The van der Waals surface area contributed by atoms with Crippen molar-refractivity contribution in [3.63, 3.8) is 0 Å². The largest absolute Gasteiger partial charge is 0.369 e. The highest BCUT2D eigenvalue weighted by Crippen LogP contribution is 2.23. The van der Waals surface area contributed by atoms with E-state index in [9.17, 15) is 0 Å². The Kier molecular flexibility index (Phi) is 5.32. The molecule has 1 aromatic heterocycles. The number of nitrogens with one attached hydrogen (secondary N) is 2. The molecule has 0 spiro atoms. The summed E-state index contributed by atoms with van der Waals surface area (Å²) in [4.78, 5) is 13.8. The summed E-state index contributed by atoms with van der Waals surface area (Å²) < 4.78 is 0. The van der Waals surface area contributed by atoms with Crippen LogP contribution in [0.5, 0.6) is 0 Å². The molecule has 2 aromatic rings. The second-order valence-corrected chi connectivity index (χ2v) is 8.02. The maximum absolute atomic E-state index is 4.50. The number of benzene rings is 1. The first-order chi connectivity index (χ1) is 12.3. The summed E-state index contributed by atoms with van der Waals surface area (Å²) in [5, 5.41) is 6.79. The van der Waals surface area contributed by atoms with Crippen LogP contribution in [0.15, 0.2) is 30.3 Å². The third kappa shape index (κ3) is 5.08. The normalized spacial score (nSPS) is 15.8. The van der Waals surface area contributed by atoms with E-state index in [4.69, 9.17) is 0 Å². The average molecular weight is 355 g/mol. The summed E-state index contributed by atoms with van der Waals surface area (Å²) in [6.45, 7) is 12.7. The number of rotatable bonds is 4. The number of likely N-dealkylation sites (N-methyl/N-ethyl adjacent to an activating group) is 1. The molecule has 1 aromatic carbocycles. The number of anilines is 4. The van der Waals surface area contributed by atoms with Crippen LogP contribution in [0.2, 0.25) is 0 Å². The summed E-state index contributed by atoms with van der Waals surface area (Å²) in [5.41, 5.74) is 2.27. The lowest BCUT2D eigenvalue weighted by molar-refractivity contribution is 0.313. The monoisotopic (exact) mass is 354 g/mol. The molecule has 0 aliphatic carbocycles. The molecule has 6 nitrogen and oxygen atoms in total. The molecule has 1 aliphatic heterocycles. The molecule has 1 fully saturated rings. The van der Waals surface area contributed by atoms with E-state index in [1.807, 2.05) is 13.0 Å². The lowest BCUT2D eigenvalue weighted by Gasteiger charge is -2.34. The molecule has 0 saturated carbocycles. The lowest BCUT2D eigenvalue weighted by atomic mass is 10.1. The minimum absolute atomic E-state index is 0.0395. The zero-order valence-electron chi connectivity index (χ0n) is 16.5. The van der Waals surface area contributed by atoms with E-state index in [-0.39, 0.29) is 5.54 Å². The van der Waals surface area contributed by atoms with Crippen LogP contribution in [0.1, 0.15) is 26.6 Å². The molecule has 0 radical (unpaired) electrons. The Morgan fingerprint density at radius 2 is 1.54 bits per heavy atom. The molecule has 3 rings (SSSR count). The van der Waals surface area contributed by atoms with Crippen molar-refractivity contribution in [1.82, 2.24) is 14.9 Å². The van der Waals surface area contributed by atoms with Gasteiger partial charge in [-0.05, 0) is 59.0 Å². The number of aromatic nitrogens is 2. The molecule has 6 heteroatoms. The number of hydrogen-bond donors (Lipinski definition) is 2. The highest BCUT2D eigenvalue weighted by Gasteiger charge is 2.14. The van der Waals surface area contributed by atoms with Gasteiger partial charge in [-0.15, -0.1) is 0 Å². The van der Waals surface area contributed by atoms with Gasteiger partial charge >= 0.3 is 0 Å². The van der Waals surface area contributed by atoms with Crippen LogP contribution < -0.4 is 15.5 Å². The standard InChI is InChI=1S/C20H30N6/c1-15-21-18(14-19(22-15)24-20(2,3)4)23-16-6-8-17(9-7-16)26-12-10-25(5)11-13-26/h6-9,14H,10-13H2,1-5H3,(H2,21,22,23,24). The van der Waals surface area contributed by atoms with Crippen LogP contribution in [0.25, 0.3) is 0 Å². The van der Waals surface area contributed by atoms with E-state index in [0.29, 0.717) is 0 Å². The van der Waals surface area contributed by atoms with E-state index in [1.54, 1.807) is 0 Å². The molecule has 0 unspecified atom stereocenters. The van der Waals surface area contributed by atoms with Crippen LogP contribution in [0.4, 0.5) is 23.0 Å². The Hall–Kier alpha value is -2.34. The van der Waals surface area contributed by atoms with Crippen molar-refractivity contribution in [1.29, 1.82) is 0 Å². The fourth-order valence-electron chi connectivity index (χ4n) is 3.05. The molecule has 1 saturated heterocycles. The van der Waals surface area contributed by atoms with Gasteiger partial charge in [-0.3, -0.25) is 0 Å². The van der Waals surface area contributed by atoms with Gasteiger partial charge in [0.15, 0.2) is 0 Å². The first-order valence-electron chi connectivity index (χ1n) is 9.23. The van der Waals surface area contributed by atoms with Crippen molar-refractivity contribution in [2.75, 3.05) is 48.8 Å². The van der Waals surface area contributed by atoms with Crippen molar-refractivity contribution >= 4 is 23.0 Å². The van der Waals surface area contributed by atoms with Gasteiger partial charge in [0.1, 0.15) is 17.5 Å². The second-order valence-electron chi connectivity index (χ2n) is 8.02. The first kappa shape index (κ1) is 18.5. The Morgan fingerprint density at radius 3 is 2.15 bits per heavy atom. The van der Waals surface area contributed by atoms with Crippen molar-refractivity contribution in [3.05, 3.63) is 36.2 Å². The van der Waals surface area contributed by atoms with Gasteiger partial charge in [0.25, 0.3) is 0 Å². The van der Waals surface area contributed by atoms with Crippen molar-refractivity contribution in [3.8, 4) is 0 Å². The molecule has 0 atom stereocenters. The van der Waals surface area contributed by atoms with Gasteiger partial charge in [-0.25, -0.2) is 9.97 Å². The Bertz CT molecular complexity index is 727. The lowest BCUT2D eigenvalue weighted by Crippen LogP contribution is -2.44. The van der Waals surface area contributed by atoms with E-state index in [1.165, 1.54) is 5.69 Å². The Labute approximate surface area is 156 Å². The van der Waals surface area contributed by atoms with Gasteiger partial charge in [0.2, 0.25) is 0 Å². The molecule has 0 bridgehead atoms. The van der Waals surface area contributed by atoms with Crippen LogP contribution >= 0.6 is 0 Å². The fourth-order valence-corrected chi connectivity index (χ4v) is 3.05. The van der Waals surface area contributed by atoms with Gasteiger partial charge < -0.3 is 20.4 Å². The molecule has 140 valence electrons. The second kappa shape index (κ2) is 7.50. The Morgan fingerprint density at radius 1 is 0.923 bits per heavy atom. The number of piperazine rings is 1. The maximum atomic E-state index is 4.50. The minimum atomic E-state index is -0.0395. The molecule has 26 heavy (non-hydrogen) atoms. The van der Waals surface area contributed by atoms with Crippen LogP contribution in [0.3, 0.4) is 0 Å². The molecule has 2 N–H and O–H groups in total.